The predicted octanol–water partition coefficient (Wildman–Crippen LogP) is 1.76. The minimum Gasteiger partial charge on any atom is -0.393 e. The van der Waals surface area contributed by atoms with Gasteiger partial charge < -0.3 is 9.84 Å². The number of pyridine rings is 1. The van der Waals surface area contributed by atoms with Crippen LogP contribution < -0.4 is 0 Å². The number of aliphatic hydroxyl groups is 1. The summed E-state index contributed by atoms with van der Waals surface area (Å²) in [6, 6.07) is 3.88. The Hall–Kier alpha value is -0.930. The Balaban J connectivity index is 2.05. The van der Waals surface area contributed by atoms with E-state index in [0.717, 1.165) is 18.4 Å². The normalized spacial score (nSPS) is 12.7. The zero-order chi connectivity index (χ0) is 10.2. The van der Waals surface area contributed by atoms with Crippen molar-refractivity contribution < 1.29 is 9.84 Å². The van der Waals surface area contributed by atoms with Gasteiger partial charge in [-0.25, -0.2) is 0 Å². The highest BCUT2D eigenvalue weighted by Crippen LogP contribution is 2.01. The van der Waals surface area contributed by atoms with Gasteiger partial charge in [0.15, 0.2) is 0 Å². The van der Waals surface area contributed by atoms with Crippen molar-refractivity contribution in [3.05, 3.63) is 30.1 Å². The number of hydrogen-bond acceptors (Lipinski definition) is 3. The fourth-order valence-corrected chi connectivity index (χ4v) is 1.15. The third kappa shape index (κ3) is 4.94. The molecule has 0 aliphatic rings. The number of hydrogen-bond donors (Lipinski definition) is 1. The maximum Gasteiger partial charge on any atom is 0.0717 e. The molecule has 0 radical (unpaired) electrons. The van der Waals surface area contributed by atoms with Crippen molar-refractivity contribution in [3.8, 4) is 0 Å². The van der Waals surface area contributed by atoms with Crippen molar-refractivity contribution in [1.29, 1.82) is 0 Å². The topological polar surface area (TPSA) is 42.4 Å². The minimum atomic E-state index is -0.223. The Morgan fingerprint density at radius 3 is 2.79 bits per heavy atom. The van der Waals surface area contributed by atoms with Crippen LogP contribution in [0.3, 0.4) is 0 Å². The van der Waals surface area contributed by atoms with E-state index in [0.29, 0.717) is 13.2 Å². The van der Waals surface area contributed by atoms with Crippen LogP contribution >= 0.6 is 0 Å². The smallest absolute Gasteiger partial charge is 0.0717 e. The van der Waals surface area contributed by atoms with Crippen LogP contribution in [0.2, 0.25) is 0 Å². The van der Waals surface area contributed by atoms with E-state index in [2.05, 4.69) is 4.98 Å². The van der Waals surface area contributed by atoms with Crippen molar-refractivity contribution in [2.24, 2.45) is 0 Å². The van der Waals surface area contributed by atoms with Gasteiger partial charge in [-0.2, -0.15) is 0 Å². The Labute approximate surface area is 84.7 Å². The molecule has 1 atom stereocenters. The standard InChI is InChI=1S/C11H17NO2/c1-10(13)3-2-8-14-9-11-4-6-12-7-5-11/h4-7,10,13H,2-3,8-9H2,1H3. The van der Waals surface area contributed by atoms with Crippen LogP contribution in [-0.4, -0.2) is 22.8 Å². The zero-order valence-electron chi connectivity index (χ0n) is 8.52. The molecule has 0 amide bonds. The van der Waals surface area contributed by atoms with Crippen molar-refractivity contribution >= 4 is 0 Å². The van der Waals surface area contributed by atoms with E-state index in [-0.39, 0.29) is 6.10 Å². The first-order valence-corrected chi connectivity index (χ1v) is 4.94. The Kier molecular flexibility index (Phi) is 5.19. The highest BCUT2D eigenvalue weighted by molar-refractivity contribution is 5.07. The summed E-state index contributed by atoms with van der Waals surface area (Å²) in [5.74, 6) is 0. The molecule has 1 N–H and O–H groups in total. The maximum atomic E-state index is 9.00. The third-order valence-corrected chi connectivity index (χ3v) is 1.93. The van der Waals surface area contributed by atoms with Crippen molar-refractivity contribution in [2.45, 2.75) is 32.5 Å². The van der Waals surface area contributed by atoms with Gasteiger partial charge in [0.2, 0.25) is 0 Å². The predicted molar refractivity (Wildman–Crippen MR) is 54.8 cm³/mol. The van der Waals surface area contributed by atoms with E-state index in [1.807, 2.05) is 12.1 Å². The molecule has 0 spiro atoms. The number of ether oxygens (including phenoxy) is 1. The first kappa shape index (κ1) is 11.1. The van der Waals surface area contributed by atoms with Gasteiger partial charge in [0.05, 0.1) is 12.7 Å². The third-order valence-electron chi connectivity index (χ3n) is 1.93. The summed E-state index contributed by atoms with van der Waals surface area (Å²) < 4.78 is 5.43. The molecule has 0 fully saturated rings. The molecule has 1 unspecified atom stereocenters. The van der Waals surface area contributed by atoms with Crippen LogP contribution in [0.25, 0.3) is 0 Å². The second-order valence-corrected chi connectivity index (χ2v) is 3.40. The van der Waals surface area contributed by atoms with Crippen LogP contribution in [0.5, 0.6) is 0 Å². The molecule has 0 aliphatic heterocycles. The summed E-state index contributed by atoms with van der Waals surface area (Å²) in [5, 5.41) is 9.00. The number of aliphatic hydroxyl groups excluding tert-OH is 1. The van der Waals surface area contributed by atoms with Gasteiger partial charge in [0.25, 0.3) is 0 Å². The van der Waals surface area contributed by atoms with Crippen LogP contribution in [-0.2, 0) is 11.3 Å². The van der Waals surface area contributed by atoms with Crippen LogP contribution in [0.15, 0.2) is 24.5 Å². The van der Waals surface area contributed by atoms with Crippen LogP contribution in [0.4, 0.5) is 0 Å². The van der Waals surface area contributed by atoms with E-state index >= 15 is 0 Å². The summed E-state index contributed by atoms with van der Waals surface area (Å²) in [7, 11) is 0. The molecular weight excluding hydrogens is 178 g/mol. The summed E-state index contributed by atoms with van der Waals surface area (Å²) >= 11 is 0. The molecule has 0 aromatic carbocycles. The average Bonchev–Trinajstić information content (AvgIpc) is 2.18. The molecule has 3 nitrogen and oxygen atoms in total. The molecule has 78 valence electrons. The SMILES string of the molecule is CC(O)CCCOCc1ccncc1. The van der Waals surface area contributed by atoms with E-state index < -0.39 is 0 Å². The number of rotatable bonds is 6. The second-order valence-electron chi connectivity index (χ2n) is 3.40. The van der Waals surface area contributed by atoms with Gasteiger partial charge in [-0.15, -0.1) is 0 Å². The van der Waals surface area contributed by atoms with Gasteiger partial charge in [-0.3, -0.25) is 4.98 Å². The highest BCUT2D eigenvalue weighted by Gasteiger charge is 1.96. The summed E-state index contributed by atoms with van der Waals surface area (Å²) in [4.78, 5) is 3.92. The van der Waals surface area contributed by atoms with Crippen molar-refractivity contribution in [1.82, 2.24) is 4.98 Å². The zero-order valence-corrected chi connectivity index (χ0v) is 8.52. The Morgan fingerprint density at radius 2 is 2.14 bits per heavy atom. The van der Waals surface area contributed by atoms with Gasteiger partial charge in [-0.05, 0) is 37.5 Å². The molecule has 0 saturated carbocycles. The van der Waals surface area contributed by atoms with Crippen LogP contribution in [0, 0.1) is 0 Å². The second kappa shape index (κ2) is 6.51. The lowest BCUT2D eigenvalue weighted by atomic mass is 10.2. The van der Waals surface area contributed by atoms with E-state index in [9.17, 15) is 0 Å². The van der Waals surface area contributed by atoms with Gasteiger partial charge in [0, 0.05) is 19.0 Å². The fourth-order valence-electron chi connectivity index (χ4n) is 1.15. The Bertz CT molecular complexity index is 236. The molecular formula is C11H17NO2. The van der Waals surface area contributed by atoms with Gasteiger partial charge >= 0.3 is 0 Å². The van der Waals surface area contributed by atoms with E-state index in [4.69, 9.17) is 9.84 Å². The molecule has 14 heavy (non-hydrogen) atoms. The molecule has 1 heterocycles. The van der Waals surface area contributed by atoms with Crippen LogP contribution in [0.1, 0.15) is 25.3 Å². The summed E-state index contributed by atoms with van der Waals surface area (Å²) in [6.45, 7) is 3.12. The maximum absolute atomic E-state index is 9.00. The monoisotopic (exact) mass is 195 g/mol. The van der Waals surface area contributed by atoms with Gasteiger partial charge in [-0.1, -0.05) is 0 Å². The first-order valence-electron chi connectivity index (χ1n) is 4.94. The molecule has 0 bridgehead atoms. The fraction of sp³-hybridized carbons (Fsp3) is 0.545. The summed E-state index contributed by atoms with van der Waals surface area (Å²) in [6.07, 6.45) is 5.00. The Morgan fingerprint density at radius 1 is 1.43 bits per heavy atom. The molecule has 0 aliphatic carbocycles. The average molecular weight is 195 g/mol. The van der Waals surface area contributed by atoms with E-state index in [1.54, 1.807) is 19.3 Å². The molecule has 1 aromatic rings. The number of nitrogens with zero attached hydrogens (tertiary/aromatic N) is 1. The first-order chi connectivity index (χ1) is 6.79. The number of aromatic nitrogens is 1. The van der Waals surface area contributed by atoms with Crippen molar-refractivity contribution in [2.75, 3.05) is 6.61 Å². The quantitative estimate of drug-likeness (QED) is 0.703. The van der Waals surface area contributed by atoms with Crippen molar-refractivity contribution in [3.63, 3.8) is 0 Å². The molecule has 1 aromatic heterocycles. The lowest BCUT2D eigenvalue weighted by Crippen LogP contribution is -2.02. The lowest BCUT2D eigenvalue weighted by molar-refractivity contribution is 0.101. The minimum absolute atomic E-state index is 0.223. The van der Waals surface area contributed by atoms with Gasteiger partial charge in [0.1, 0.15) is 0 Å². The lowest BCUT2D eigenvalue weighted by Gasteiger charge is -2.05. The molecule has 1 rings (SSSR count). The van der Waals surface area contributed by atoms with E-state index in [1.165, 1.54) is 0 Å². The molecule has 3 heteroatoms. The molecule has 0 saturated heterocycles. The summed E-state index contributed by atoms with van der Waals surface area (Å²) in [5.41, 5.74) is 1.14. The highest BCUT2D eigenvalue weighted by atomic mass is 16.5. The largest absolute Gasteiger partial charge is 0.393 e.